The van der Waals surface area contributed by atoms with E-state index in [9.17, 15) is 18.0 Å². The third kappa shape index (κ3) is 3.88. The molecule has 0 radical (unpaired) electrons. The largest absolute Gasteiger partial charge is 0.416 e. The molecule has 1 aromatic carbocycles. The first-order valence-electron chi connectivity index (χ1n) is 7.07. The first-order valence-corrected chi connectivity index (χ1v) is 7.07. The Morgan fingerprint density at radius 2 is 2.00 bits per heavy atom. The fourth-order valence-electron chi connectivity index (χ4n) is 2.46. The number of nitrogens with zero attached hydrogens (tertiary/aromatic N) is 1. The lowest BCUT2D eigenvalue weighted by Gasteiger charge is -2.14. The molecule has 6 heteroatoms. The molecular formula is C16H18F3NO2. The average molecular weight is 313 g/mol. The highest BCUT2D eigenvalue weighted by molar-refractivity contribution is 5.95. The molecule has 1 aliphatic heterocycles. The van der Waals surface area contributed by atoms with E-state index in [0.29, 0.717) is 24.2 Å². The van der Waals surface area contributed by atoms with E-state index in [1.165, 1.54) is 18.2 Å². The Labute approximate surface area is 127 Å². The van der Waals surface area contributed by atoms with E-state index in [4.69, 9.17) is 5.11 Å². The lowest BCUT2D eigenvalue weighted by molar-refractivity contribution is -0.137. The fraction of sp³-hybridized carbons (Fsp3) is 0.438. The molecule has 0 aliphatic carbocycles. The molecule has 0 saturated carbocycles. The number of amides is 1. The third-order valence-corrected chi connectivity index (χ3v) is 3.86. The van der Waals surface area contributed by atoms with Crippen LogP contribution in [0.1, 0.15) is 24.5 Å². The third-order valence-electron chi connectivity index (χ3n) is 3.86. The van der Waals surface area contributed by atoms with Crippen LogP contribution >= 0.6 is 0 Å². The van der Waals surface area contributed by atoms with E-state index in [-0.39, 0.29) is 18.4 Å². The number of allylic oxidation sites excluding steroid dienone is 1. The number of carbonyl (C=O) groups excluding carboxylic acids is 1. The maximum Gasteiger partial charge on any atom is 0.416 e. The molecule has 1 aliphatic rings. The number of aliphatic hydroxyl groups is 1. The molecule has 1 fully saturated rings. The zero-order chi connectivity index (χ0) is 16.3. The van der Waals surface area contributed by atoms with Gasteiger partial charge in [0, 0.05) is 31.7 Å². The summed E-state index contributed by atoms with van der Waals surface area (Å²) in [6, 6.07) is 4.74. The van der Waals surface area contributed by atoms with Crippen LogP contribution in [0.5, 0.6) is 0 Å². The smallest absolute Gasteiger partial charge is 0.396 e. The Balaban J connectivity index is 2.07. The minimum Gasteiger partial charge on any atom is -0.396 e. The summed E-state index contributed by atoms with van der Waals surface area (Å²) in [6.07, 6.45) is -2.15. The van der Waals surface area contributed by atoms with Gasteiger partial charge < -0.3 is 10.0 Å². The molecule has 22 heavy (non-hydrogen) atoms. The number of hydrogen-bond acceptors (Lipinski definition) is 2. The van der Waals surface area contributed by atoms with Crippen LogP contribution < -0.4 is 0 Å². The highest BCUT2D eigenvalue weighted by Gasteiger charge is 2.30. The number of benzene rings is 1. The van der Waals surface area contributed by atoms with E-state index in [2.05, 4.69) is 0 Å². The van der Waals surface area contributed by atoms with Gasteiger partial charge in [0.1, 0.15) is 0 Å². The van der Waals surface area contributed by atoms with Gasteiger partial charge in [-0.15, -0.1) is 0 Å². The molecule has 0 bridgehead atoms. The number of hydrogen-bond donors (Lipinski definition) is 1. The van der Waals surface area contributed by atoms with Gasteiger partial charge in [-0.25, -0.2) is 0 Å². The Kier molecular flexibility index (Phi) is 4.90. The second kappa shape index (κ2) is 6.52. The number of aliphatic hydroxyl groups excluding tert-OH is 1. The summed E-state index contributed by atoms with van der Waals surface area (Å²) in [5.74, 6) is -0.0583. The minimum atomic E-state index is -4.36. The number of rotatable bonds is 3. The normalized spacial score (nSPS) is 19.6. The van der Waals surface area contributed by atoms with E-state index in [1.807, 2.05) is 0 Å². The van der Waals surface area contributed by atoms with Crippen molar-refractivity contribution in [2.45, 2.75) is 19.5 Å². The van der Waals surface area contributed by atoms with Crippen molar-refractivity contribution < 1.29 is 23.1 Å². The molecule has 1 unspecified atom stereocenters. The molecule has 3 nitrogen and oxygen atoms in total. The first-order chi connectivity index (χ1) is 10.3. The Morgan fingerprint density at radius 1 is 1.36 bits per heavy atom. The van der Waals surface area contributed by atoms with Crippen LogP contribution in [0.15, 0.2) is 30.3 Å². The van der Waals surface area contributed by atoms with Crippen LogP contribution in [-0.2, 0) is 11.0 Å². The van der Waals surface area contributed by atoms with Crippen molar-refractivity contribution in [3.05, 3.63) is 41.5 Å². The zero-order valence-corrected chi connectivity index (χ0v) is 12.2. The highest BCUT2D eigenvalue weighted by atomic mass is 19.4. The van der Waals surface area contributed by atoms with Crippen LogP contribution in [0.4, 0.5) is 13.2 Å². The summed E-state index contributed by atoms with van der Waals surface area (Å²) in [5, 5.41) is 9.07. The summed E-state index contributed by atoms with van der Waals surface area (Å²) in [7, 11) is 0. The van der Waals surface area contributed by atoms with Crippen molar-refractivity contribution in [1.82, 2.24) is 4.90 Å². The first kappa shape index (κ1) is 16.5. The highest BCUT2D eigenvalue weighted by Crippen LogP contribution is 2.30. The lowest BCUT2D eigenvalue weighted by atomic mass is 10.0. The van der Waals surface area contributed by atoms with Crippen molar-refractivity contribution in [2.75, 3.05) is 19.7 Å². The van der Waals surface area contributed by atoms with Gasteiger partial charge in [0.05, 0.1) is 5.56 Å². The van der Waals surface area contributed by atoms with Crippen molar-refractivity contribution in [3.8, 4) is 0 Å². The SMILES string of the molecule is C/C(=C/C(=O)N1CCC(CO)C1)c1ccc(C(F)(F)F)cc1. The summed E-state index contributed by atoms with van der Waals surface area (Å²) >= 11 is 0. The quantitative estimate of drug-likeness (QED) is 0.872. The van der Waals surface area contributed by atoms with Gasteiger partial charge in [0.25, 0.3) is 0 Å². The van der Waals surface area contributed by atoms with Gasteiger partial charge in [0.2, 0.25) is 5.91 Å². The summed E-state index contributed by atoms with van der Waals surface area (Å²) in [4.78, 5) is 13.8. The molecule has 0 spiro atoms. The van der Waals surface area contributed by atoms with Gasteiger partial charge in [-0.1, -0.05) is 12.1 Å². The number of halogens is 3. The summed E-state index contributed by atoms with van der Waals surface area (Å²) < 4.78 is 37.5. The number of carbonyl (C=O) groups is 1. The summed E-state index contributed by atoms with van der Waals surface area (Å²) in [5.41, 5.74) is 0.492. The minimum absolute atomic E-state index is 0.0609. The molecule has 0 aromatic heterocycles. The van der Waals surface area contributed by atoms with Crippen LogP contribution in [0.3, 0.4) is 0 Å². The number of likely N-dealkylation sites (tertiary alicyclic amines) is 1. The molecule has 1 amide bonds. The Morgan fingerprint density at radius 3 is 2.50 bits per heavy atom. The molecule has 1 saturated heterocycles. The van der Waals surface area contributed by atoms with Crippen LogP contribution in [0.25, 0.3) is 5.57 Å². The van der Waals surface area contributed by atoms with Gasteiger partial charge in [-0.3, -0.25) is 4.79 Å². The van der Waals surface area contributed by atoms with Gasteiger partial charge in [-0.05, 0) is 36.6 Å². The van der Waals surface area contributed by atoms with Crippen LogP contribution in [0, 0.1) is 5.92 Å². The molecule has 1 atom stereocenters. The zero-order valence-electron chi connectivity index (χ0n) is 12.2. The molecule has 1 N–H and O–H groups in total. The monoisotopic (exact) mass is 313 g/mol. The average Bonchev–Trinajstić information content (AvgIpc) is 2.95. The van der Waals surface area contributed by atoms with Crippen molar-refractivity contribution >= 4 is 11.5 Å². The maximum absolute atomic E-state index is 12.5. The Bertz CT molecular complexity index is 564. The Hall–Kier alpha value is -1.82. The fourth-order valence-corrected chi connectivity index (χ4v) is 2.46. The van der Waals surface area contributed by atoms with Crippen molar-refractivity contribution in [3.63, 3.8) is 0 Å². The van der Waals surface area contributed by atoms with E-state index < -0.39 is 11.7 Å². The van der Waals surface area contributed by atoms with Gasteiger partial charge in [-0.2, -0.15) is 13.2 Å². The predicted molar refractivity (Wildman–Crippen MR) is 76.9 cm³/mol. The van der Waals surface area contributed by atoms with Crippen molar-refractivity contribution in [2.24, 2.45) is 5.92 Å². The van der Waals surface area contributed by atoms with Crippen LogP contribution in [0.2, 0.25) is 0 Å². The molecule has 1 aromatic rings. The van der Waals surface area contributed by atoms with Crippen LogP contribution in [-0.4, -0.2) is 35.6 Å². The topological polar surface area (TPSA) is 40.5 Å². The van der Waals surface area contributed by atoms with E-state index in [0.717, 1.165) is 18.6 Å². The van der Waals surface area contributed by atoms with Gasteiger partial charge in [0.15, 0.2) is 0 Å². The standard InChI is InChI=1S/C16H18F3NO2/c1-11(8-15(22)20-7-6-12(9-20)10-21)13-2-4-14(5-3-13)16(17,18)19/h2-5,8,12,21H,6-7,9-10H2,1H3/b11-8-. The summed E-state index contributed by atoms with van der Waals surface area (Å²) in [6.45, 7) is 2.87. The molecule has 120 valence electrons. The molecule has 1 heterocycles. The van der Waals surface area contributed by atoms with Crippen molar-refractivity contribution in [1.29, 1.82) is 0 Å². The second-order valence-corrected chi connectivity index (χ2v) is 5.52. The maximum atomic E-state index is 12.5. The lowest BCUT2D eigenvalue weighted by Crippen LogP contribution is -2.27. The molecule has 2 rings (SSSR count). The van der Waals surface area contributed by atoms with E-state index in [1.54, 1.807) is 11.8 Å². The van der Waals surface area contributed by atoms with Gasteiger partial charge >= 0.3 is 6.18 Å². The molecular weight excluding hydrogens is 295 g/mol. The second-order valence-electron chi connectivity index (χ2n) is 5.52. The van der Waals surface area contributed by atoms with E-state index >= 15 is 0 Å². The number of alkyl halides is 3. The predicted octanol–water partition coefficient (Wildman–Crippen LogP) is 2.95.